The summed E-state index contributed by atoms with van der Waals surface area (Å²) in [5.41, 5.74) is 2.42. The summed E-state index contributed by atoms with van der Waals surface area (Å²) in [6, 6.07) is 12.9. The summed E-state index contributed by atoms with van der Waals surface area (Å²) in [5.74, 6) is 0.964. The number of hydrogen-bond donors (Lipinski definition) is 1. The van der Waals surface area contributed by atoms with Gasteiger partial charge in [0.15, 0.2) is 12.7 Å². The molecule has 0 saturated heterocycles. The molecule has 2 amide bonds. The zero-order chi connectivity index (χ0) is 20.1. The summed E-state index contributed by atoms with van der Waals surface area (Å²) in [4.78, 5) is 26.5. The maximum Gasteiger partial charge on any atom is 0.267 e. The highest BCUT2D eigenvalue weighted by atomic mass is 16.5. The quantitative estimate of drug-likeness (QED) is 0.788. The van der Waals surface area contributed by atoms with Gasteiger partial charge in [0.2, 0.25) is 0 Å². The number of nitrogens with one attached hydrogen (secondary N) is 1. The molecular weight excluding hydrogens is 356 g/mol. The number of hydrogen-bond acceptors (Lipinski definition) is 4. The topological polar surface area (TPSA) is 67.9 Å². The highest BCUT2D eigenvalue weighted by Gasteiger charge is 2.31. The zero-order valence-electron chi connectivity index (χ0n) is 16.5. The number of fused-ring (bicyclic) bond motifs is 1. The minimum absolute atomic E-state index is 0.0628. The largest absolute Gasteiger partial charge is 0.484 e. The van der Waals surface area contributed by atoms with Crippen molar-refractivity contribution in [1.29, 1.82) is 0 Å². The normalized spacial score (nSPS) is 15.6. The molecule has 1 aliphatic rings. The number of ether oxygens (including phenoxy) is 2. The van der Waals surface area contributed by atoms with E-state index in [0.29, 0.717) is 29.4 Å². The number of carbonyl (C=O) groups excluding carboxylic acids is 2. The first-order valence-corrected chi connectivity index (χ1v) is 9.59. The van der Waals surface area contributed by atoms with Crippen molar-refractivity contribution in [3.8, 4) is 11.5 Å². The number of rotatable bonds is 7. The third-order valence-corrected chi connectivity index (χ3v) is 4.58. The van der Waals surface area contributed by atoms with E-state index in [9.17, 15) is 9.59 Å². The molecule has 6 heteroatoms. The lowest BCUT2D eigenvalue weighted by molar-refractivity contribution is -0.125. The van der Waals surface area contributed by atoms with Crippen LogP contribution in [-0.4, -0.2) is 31.1 Å². The summed E-state index contributed by atoms with van der Waals surface area (Å²) in [7, 11) is 0. The number of benzene rings is 2. The molecular formula is C22H26N2O4. The van der Waals surface area contributed by atoms with Crippen LogP contribution < -0.4 is 19.7 Å². The standard InChI is InChI=1S/C22H26N2O4/c1-4-5-12-24-19-13-17(8-11-20(19)28-16(3)22(24)26)23-21(25)14-27-18-9-6-15(2)7-10-18/h6-11,13,16H,4-5,12,14H2,1-3H3,(H,23,25). The van der Waals surface area contributed by atoms with Gasteiger partial charge in [-0.2, -0.15) is 0 Å². The van der Waals surface area contributed by atoms with Crippen molar-refractivity contribution in [2.24, 2.45) is 0 Å². The predicted molar refractivity (Wildman–Crippen MR) is 109 cm³/mol. The van der Waals surface area contributed by atoms with Gasteiger partial charge in [-0.1, -0.05) is 31.0 Å². The van der Waals surface area contributed by atoms with Gasteiger partial charge in [-0.15, -0.1) is 0 Å². The first-order chi connectivity index (χ1) is 13.5. The Labute approximate surface area is 165 Å². The van der Waals surface area contributed by atoms with E-state index in [4.69, 9.17) is 9.47 Å². The van der Waals surface area contributed by atoms with Crippen LogP contribution in [0.5, 0.6) is 11.5 Å². The second-order valence-electron chi connectivity index (χ2n) is 6.94. The number of amides is 2. The Hall–Kier alpha value is -3.02. The number of anilines is 2. The van der Waals surface area contributed by atoms with E-state index in [1.54, 1.807) is 30.0 Å². The zero-order valence-corrected chi connectivity index (χ0v) is 16.5. The van der Waals surface area contributed by atoms with Crippen LogP contribution in [0.4, 0.5) is 11.4 Å². The molecule has 0 spiro atoms. The van der Waals surface area contributed by atoms with Crippen molar-refractivity contribution in [3.05, 3.63) is 48.0 Å². The molecule has 148 valence electrons. The van der Waals surface area contributed by atoms with Gasteiger partial charge in [-0.3, -0.25) is 9.59 Å². The van der Waals surface area contributed by atoms with E-state index >= 15 is 0 Å². The van der Waals surface area contributed by atoms with Crippen LogP contribution in [0.25, 0.3) is 0 Å². The molecule has 0 fully saturated rings. The van der Waals surface area contributed by atoms with Gasteiger partial charge < -0.3 is 19.7 Å². The van der Waals surface area contributed by atoms with Gasteiger partial charge in [0, 0.05) is 12.2 Å². The lowest BCUT2D eigenvalue weighted by atomic mass is 10.1. The molecule has 0 aromatic heterocycles. The molecule has 1 N–H and O–H groups in total. The Balaban J connectivity index is 1.68. The van der Waals surface area contributed by atoms with Gasteiger partial charge in [0.1, 0.15) is 11.5 Å². The molecule has 1 heterocycles. The third-order valence-electron chi connectivity index (χ3n) is 4.58. The van der Waals surface area contributed by atoms with Crippen LogP contribution in [0, 0.1) is 6.92 Å². The fourth-order valence-electron chi connectivity index (χ4n) is 3.01. The fraction of sp³-hybridized carbons (Fsp3) is 0.364. The Morgan fingerprint density at radius 3 is 2.68 bits per heavy atom. The van der Waals surface area contributed by atoms with Crippen LogP contribution >= 0.6 is 0 Å². The van der Waals surface area contributed by atoms with Crippen molar-refractivity contribution in [2.75, 3.05) is 23.4 Å². The maximum absolute atomic E-state index is 12.5. The molecule has 1 aliphatic heterocycles. The van der Waals surface area contributed by atoms with Crippen molar-refractivity contribution < 1.29 is 19.1 Å². The molecule has 0 radical (unpaired) electrons. The molecule has 0 saturated carbocycles. The monoisotopic (exact) mass is 382 g/mol. The molecule has 28 heavy (non-hydrogen) atoms. The minimum atomic E-state index is -0.507. The van der Waals surface area contributed by atoms with E-state index in [1.165, 1.54) is 0 Å². The second kappa shape index (κ2) is 8.78. The smallest absolute Gasteiger partial charge is 0.267 e. The number of aryl methyl sites for hydroxylation is 1. The van der Waals surface area contributed by atoms with Crippen LogP contribution in [0.2, 0.25) is 0 Å². The van der Waals surface area contributed by atoms with Crippen molar-refractivity contribution in [2.45, 2.75) is 39.7 Å². The number of nitrogens with zero attached hydrogens (tertiary/aromatic N) is 1. The first kappa shape index (κ1) is 19.7. The average Bonchev–Trinajstić information content (AvgIpc) is 2.68. The molecule has 0 bridgehead atoms. The maximum atomic E-state index is 12.5. The lowest BCUT2D eigenvalue weighted by Crippen LogP contribution is -2.44. The van der Waals surface area contributed by atoms with Crippen molar-refractivity contribution in [1.82, 2.24) is 0 Å². The third kappa shape index (κ3) is 4.63. The first-order valence-electron chi connectivity index (χ1n) is 9.59. The summed E-state index contributed by atoms with van der Waals surface area (Å²) in [6.45, 7) is 6.37. The van der Waals surface area contributed by atoms with Gasteiger partial charge >= 0.3 is 0 Å². The molecule has 1 unspecified atom stereocenters. The molecule has 0 aliphatic carbocycles. The van der Waals surface area contributed by atoms with Gasteiger partial charge in [0.25, 0.3) is 11.8 Å². The highest BCUT2D eigenvalue weighted by Crippen LogP contribution is 2.36. The molecule has 1 atom stereocenters. The van der Waals surface area contributed by atoms with Gasteiger partial charge in [-0.05, 0) is 50.6 Å². The van der Waals surface area contributed by atoms with E-state index in [0.717, 1.165) is 18.4 Å². The van der Waals surface area contributed by atoms with Crippen molar-refractivity contribution >= 4 is 23.2 Å². The van der Waals surface area contributed by atoms with Gasteiger partial charge in [0.05, 0.1) is 5.69 Å². The van der Waals surface area contributed by atoms with Crippen LogP contribution in [0.1, 0.15) is 32.3 Å². The van der Waals surface area contributed by atoms with E-state index in [-0.39, 0.29) is 18.4 Å². The Morgan fingerprint density at radius 2 is 1.96 bits per heavy atom. The van der Waals surface area contributed by atoms with E-state index in [1.807, 2.05) is 31.2 Å². The lowest BCUT2D eigenvalue weighted by Gasteiger charge is -2.33. The molecule has 3 rings (SSSR count). The molecule has 2 aromatic carbocycles. The summed E-state index contributed by atoms with van der Waals surface area (Å²) in [6.07, 6.45) is 1.38. The number of carbonyl (C=O) groups is 2. The minimum Gasteiger partial charge on any atom is -0.484 e. The SMILES string of the molecule is CCCCN1C(=O)C(C)Oc2ccc(NC(=O)COc3ccc(C)cc3)cc21. The summed E-state index contributed by atoms with van der Waals surface area (Å²) in [5, 5.41) is 2.82. The fourth-order valence-corrected chi connectivity index (χ4v) is 3.01. The van der Waals surface area contributed by atoms with Crippen molar-refractivity contribution in [3.63, 3.8) is 0 Å². The van der Waals surface area contributed by atoms with E-state index < -0.39 is 6.10 Å². The van der Waals surface area contributed by atoms with Gasteiger partial charge in [-0.25, -0.2) is 0 Å². The van der Waals surface area contributed by atoms with Crippen LogP contribution in [0.15, 0.2) is 42.5 Å². The van der Waals surface area contributed by atoms with Crippen LogP contribution in [-0.2, 0) is 9.59 Å². The molecule has 6 nitrogen and oxygen atoms in total. The average molecular weight is 382 g/mol. The Kier molecular flexibility index (Phi) is 6.19. The van der Waals surface area contributed by atoms with E-state index in [2.05, 4.69) is 12.2 Å². The summed E-state index contributed by atoms with van der Waals surface area (Å²) >= 11 is 0. The highest BCUT2D eigenvalue weighted by molar-refractivity contribution is 6.01. The predicted octanol–water partition coefficient (Wildman–Crippen LogP) is 3.93. The Bertz CT molecular complexity index is 848. The summed E-state index contributed by atoms with van der Waals surface area (Å²) < 4.78 is 11.2. The second-order valence-corrected chi connectivity index (χ2v) is 6.94. The van der Waals surface area contributed by atoms with Crippen LogP contribution in [0.3, 0.4) is 0 Å². The Morgan fingerprint density at radius 1 is 1.21 bits per heavy atom. The molecule has 2 aromatic rings. The number of unbranched alkanes of at least 4 members (excludes halogenated alkanes) is 1.